The normalized spacial score (nSPS) is 17.1. The molecule has 8 heteroatoms. The van der Waals surface area contributed by atoms with Gasteiger partial charge in [0.15, 0.2) is 23.4 Å². The minimum absolute atomic E-state index is 0.0159. The SMILES string of the molecule is CNC(=O)[C@@H]1CN(C(=O)CCC(=O)c2ccc3c(c2)OCCCO3)c2ccccc2O1. The lowest BCUT2D eigenvalue weighted by atomic mass is 10.0. The molecule has 1 atom stereocenters. The predicted octanol–water partition coefficient (Wildman–Crippen LogP) is 2.35. The summed E-state index contributed by atoms with van der Waals surface area (Å²) < 4.78 is 17.0. The van der Waals surface area contributed by atoms with Crippen LogP contribution in [-0.2, 0) is 9.59 Å². The number of para-hydroxylation sites is 2. The highest BCUT2D eigenvalue weighted by Gasteiger charge is 2.33. The van der Waals surface area contributed by atoms with Crippen molar-refractivity contribution in [1.29, 1.82) is 0 Å². The molecule has 0 bridgehead atoms. The number of amides is 2. The summed E-state index contributed by atoms with van der Waals surface area (Å²) in [5.41, 5.74) is 1.07. The second-order valence-corrected chi connectivity index (χ2v) is 7.33. The molecule has 0 unspecified atom stereocenters. The van der Waals surface area contributed by atoms with E-state index in [1.807, 2.05) is 0 Å². The average Bonchev–Trinajstić information content (AvgIpc) is 3.05. The number of hydrogen-bond acceptors (Lipinski definition) is 6. The van der Waals surface area contributed by atoms with Crippen LogP contribution < -0.4 is 24.4 Å². The van der Waals surface area contributed by atoms with E-state index in [0.29, 0.717) is 41.7 Å². The van der Waals surface area contributed by atoms with Crippen molar-refractivity contribution in [2.75, 3.05) is 31.7 Å². The first-order valence-corrected chi connectivity index (χ1v) is 10.3. The number of likely N-dealkylation sites (N-methyl/N-ethyl adjacent to an activating group) is 1. The van der Waals surface area contributed by atoms with Crippen LogP contribution in [0.15, 0.2) is 42.5 Å². The van der Waals surface area contributed by atoms with E-state index in [1.165, 1.54) is 11.9 Å². The van der Waals surface area contributed by atoms with Crippen LogP contribution in [0.2, 0.25) is 0 Å². The number of ether oxygens (including phenoxy) is 3. The third-order valence-electron chi connectivity index (χ3n) is 5.25. The van der Waals surface area contributed by atoms with Crippen LogP contribution in [-0.4, -0.2) is 50.5 Å². The van der Waals surface area contributed by atoms with Gasteiger partial charge in [0.05, 0.1) is 25.4 Å². The van der Waals surface area contributed by atoms with Gasteiger partial charge in [-0.25, -0.2) is 0 Å². The zero-order valence-electron chi connectivity index (χ0n) is 17.3. The number of carbonyl (C=O) groups excluding carboxylic acids is 3. The Morgan fingerprint density at radius 3 is 2.58 bits per heavy atom. The number of fused-ring (bicyclic) bond motifs is 2. The zero-order chi connectivity index (χ0) is 21.8. The largest absolute Gasteiger partial charge is 0.490 e. The van der Waals surface area contributed by atoms with Crippen molar-refractivity contribution in [2.24, 2.45) is 0 Å². The Bertz CT molecular complexity index is 1010. The fourth-order valence-electron chi connectivity index (χ4n) is 3.60. The van der Waals surface area contributed by atoms with Crippen molar-refractivity contribution in [3.63, 3.8) is 0 Å². The summed E-state index contributed by atoms with van der Waals surface area (Å²) >= 11 is 0. The van der Waals surface area contributed by atoms with Gasteiger partial charge in [-0.05, 0) is 30.3 Å². The van der Waals surface area contributed by atoms with Gasteiger partial charge in [0.1, 0.15) is 5.75 Å². The third kappa shape index (κ3) is 4.47. The molecule has 0 radical (unpaired) electrons. The van der Waals surface area contributed by atoms with Gasteiger partial charge in [-0.2, -0.15) is 0 Å². The number of nitrogens with zero attached hydrogens (tertiary/aromatic N) is 1. The van der Waals surface area contributed by atoms with Crippen molar-refractivity contribution >= 4 is 23.3 Å². The van der Waals surface area contributed by atoms with Crippen molar-refractivity contribution < 1.29 is 28.6 Å². The fourth-order valence-corrected chi connectivity index (χ4v) is 3.60. The molecule has 0 fully saturated rings. The number of anilines is 1. The van der Waals surface area contributed by atoms with Gasteiger partial charge in [0, 0.05) is 31.9 Å². The van der Waals surface area contributed by atoms with Crippen molar-refractivity contribution in [2.45, 2.75) is 25.4 Å². The minimum atomic E-state index is -0.804. The van der Waals surface area contributed by atoms with E-state index in [-0.39, 0.29) is 37.0 Å². The van der Waals surface area contributed by atoms with Crippen LogP contribution in [0, 0.1) is 0 Å². The summed E-state index contributed by atoms with van der Waals surface area (Å²) in [6.07, 6.45) is 0.0381. The summed E-state index contributed by atoms with van der Waals surface area (Å²) in [5, 5.41) is 2.55. The lowest BCUT2D eigenvalue weighted by molar-refractivity contribution is -0.127. The molecule has 0 saturated carbocycles. The van der Waals surface area contributed by atoms with E-state index in [2.05, 4.69) is 5.32 Å². The van der Waals surface area contributed by atoms with Crippen LogP contribution in [0.5, 0.6) is 17.2 Å². The van der Waals surface area contributed by atoms with Crippen LogP contribution in [0.4, 0.5) is 5.69 Å². The molecular formula is C23H24N2O6. The molecule has 2 amide bonds. The predicted molar refractivity (Wildman–Crippen MR) is 113 cm³/mol. The Balaban J connectivity index is 1.45. The molecule has 2 aromatic carbocycles. The summed E-state index contributed by atoms with van der Waals surface area (Å²) in [7, 11) is 1.52. The lowest BCUT2D eigenvalue weighted by Crippen LogP contribution is -2.50. The highest BCUT2D eigenvalue weighted by molar-refractivity contribution is 6.02. The topological polar surface area (TPSA) is 94.2 Å². The highest BCUT2D eigenvalue weighted by Crippen LogP contribution is 2.34. The van der Waals surface area contributed by atoms with Gasteiger partial charge >= 0.3 is 0 Å². The Morgan fingerprint density at radius 2 is 1.77 bits per heavy atom. The van der Waals surface area contributed by atoms with Gasteiger partial charge in [-0.3, -0.25) is 14.4 Å². The summed E-state index contributed by atoms with van der Waals surface area (Å²) in [5.74, 6) is 0.918. The van der Waals surface area contributed by atoms with E-state index in [4.69, 9.17) is 14.2 Å². The summed E-state index contributed by atoms with van der Waals surface area (Å²) in [6, 6.07) is 12.1. The van der Waals surface area contributed by atoms with E-state index < -0.39 is 6.10 Å². The van der Waals surface area contributed by atoms with Gasteiger partial charge in [-0.1, -0.05) is 12.1 Å². The molecule has 0 spiro atoms. The monoisotopic (exact) mass is 424 g/mol. The number of nitrogens with one attached hydrogen (secondary N) is 1. The molecular weight excluding hydrogens is 400 g/mol. The molecule has 162 valence electrons. The number of hydrogen-bond donors (Lipinski definition) is 1. The Kier molecular flexibility index (Phi) is 6.06. The van der Waals surface area contributed by atoms with Crippen LogP contribution in [0.25, 0.3) is 0 Å². The first kappa shape index (κ1) is 20.7. The molecule has 1 N–H and O–H groups in total. The van der Waals surface area contributed by atoms with Gasteiger partial charge < -0.3 is 24.4 Å². The molecule has 8 nitrogen and oxygen atoms in total. The van der Waals surface area contributed by atoms with E-state index >= 15 is 0 Å². The number of Topliss-reactive ketones (excluding diaryl/α,β-unsaturated/α-hetero) is 1. The first-order valence-electron chi connectivity index (χ1n) is 10.3. The van der Waals surface area contributed by atoms with Crippen molar-refractivity contribution in [3.8, 4) is 17.2 Å². The first-order chi connectivity index (χ1) is 15.1. The molecule has 31 heavy (non-hydrogen) atoms. The number of benzene rings is 2. The summed E-state index contributed by atoms with van der Waals surface area (Å²) in [4.78, 5) is 39.3. The molecule has 0 aromatic heterocycles. The smallest absolute Gasteiger partial charge is 0.262 e. The second kappa shape index (κ2) is 9.07. The molecule has 4 rings (SSSR count). The molecule has 0 aliphatic carbocycles. The Hall–Kier alpha value is -3.55. The van der Waals surface area contributed by atoms with Crippen molar-refractivity contribution in [1.82, 2.24) is 5.32 Å². The Labute approximate surface area is 180 Å². The zero-order valence-corrected chi connectivity index (χ0v) is 17.3. The van der Waals surface area contributed by atoms with Gasteiger partial charge in [-0.15, -0.1) is 0 Å². The van der Waals surface area contributed by atoms with Crippen molar-refractivity contribution in [3.05, 3.63) is 48.0 Å². The molecule has 2 aliphatic heterocycles. The highest BCUT2D eigenvalue weighted by atomic mass is 16.5. The quantitative estimate of drug-likeness (QED) is 0.741. The average molecular weight is 424 g/mol. The molecule has 2 heterocycles. The van der Waals surface area contributed by atoms with E-state index in [1.54, 1.807) is 42.5 Å². The van der Waals surface area contributed by atoms with E-state index in [0.717, 1.165) is 6.42 Å². The van der Waals surface area contributed by atoms with Gasteiger partial charge in [0.25, 0.3) is 5.91 Å². The van der Waals surface area contributed by atoms with Crippen LogP contribution in [0.3, 0.4) is 0 Å². The third-order valence-corrected chi connectivity index (χ3v) is 5.25. The van der Waals surface area contributed by atoms with Gasteiger partial charge in [0.2, 0.25) is 5.91 Å². The Morgan fingerprint density at radius 1 is 1.00 bits per heavy atom. The number of ketones is 1. The molecule has 2 aliphatic rings. The fraction of sp³-hybridized carbons (Fsp3) is 0.348. The van der Waals surface area contributed by atoms with E-state index in [9.17, 15) is 14.4 Å². The molecule has 2 aromatic rings. The maximum absolute atomic E-state index is 13.0. The maximum Gasteiger partial charge on any atom is 0.262 e. The second-order valence-electron chi connectivity index (χ2n) is 7.33. The summed E-state index contributed by atoms with van der Waals surface area (Å²) in [6.45, 7) is 1.20. The standard InChI is InChI=1S/C23H24N2O6/c1-24-23(28)21-14-25(16-5-2-3-6-18(16)31-21)22(27)10-8-17(26)15-7-9-19-20(13-15)30-12-4-11-29-19/h2-3,5-7,9,13,21H,4,8,10-12,14H2,1H3,(H,24,28)/t21-/m0/s1. The van der Waals surface area contributed by atoms with Crippen LogP contribution in [0.1, 0.15) is 29.6 Å². The minimum Gasteiger partial charge on any atom is -0.490 e. The number of carbonyl (C=O) groups is 3. The maximum atomic E-state index is 13.0. The number of rotatable bonds is 5. The van der Waals surface area contributed by atoms with Crippen LogP contribution >= 0.6 is 0 Å². The lowest BCUT2D eigenvalue weighted by Gasteiger charge is -2.34. The molecule has 0 saturated heterocycles.